The van der Waals surface area contributed by atoms with Gasteiger partial charge in [-0.05, 0) is 12.0 Å². The number of sulfone groups is 1. The number of thiophene rings is 1. The average molecular weight is 326 g/mol. The lowest BCUT2D eigenvalue weighted by Gasteiger charge is -2.03. The maximum atomic E-state index is 11.5. The van der Waals surface area contributed by atoms with Crippen LogP contribution in [-0.2, 0) is 16.3 Å². The van der Waals surface area contributed by atoms with Crippen LogP contribution in [0.4, 0.5) is 10.7 Å². The lowest BCUT2D eigenvalue weighted by Crippen LogP contribution is -2.04. The summed E-state index contributed by atoms with van der Waals surface area (Å²) in [6, 6.07) is 10.8. The normalized spacial score (nSPS) is 11.3. The smallest absolute Gasteiger partial charge is 0.304 e. The van der Waals surface area contributed by atoms with Crippen molar-refractivity contribution in [2.24, 2.45) is 0 Å². The van der Waals surface area contributed by atoms with Crippen molar-refractivity contribution < 1.29 is 13.3 Å². The highest BCUT2D eigenvalue weighted by Crippen LogP contribution is 2.36. The lowest BCUT2D eigenvalue weighted by atomic mass is 10.1. The number of hydrogen-bond donors (Lipinski definition) is 1. The molecular formula is C13H14N2O4S2. The van der Waals surface area contributed by atoms with Crippen molar-refractivity contribution in [2.45, 2.75) is 10.6 Å². The van der Waals surface area contributed by atoms with E-state index in [-0.39, 0.29) is 14.9 Å². The summed E-state index contributed by atoms with van der Waals surface area (Å²) in [7, 11) is -3.44. The standard InChI is InChI=1S/C13H14N2O4S2/c1-21(18,19)12-9-11(15(16)17)13(20-12)14-8-7-10-5-3-2-4-6-10/h2-6,9,14H,7-8H2,1H3. The van der Waals surface area contributed by atoms with E-state index >= 15 is 0 Å². The molecule has 1 aromatic carbocycles. The summed E-state index contributed by atoms with van der Waals surface area (Å²) in [5, 5.41) is 14.2. The fourth-order valence-corrected chi connectivity index (χ4v) is 3.73. The number of hydrogen-bond acceptors (Lipinski definition) is 6. The molecule has 6 nitrogen and oxygen atoms in total. The van der Waals surface area contributed by atoms with E-state index in [1.165, 1.54) is 0 Å². The second-order valence-electron chi connectivity index (χ2n) is 4.47. The van der Waals surface area contributed by atoms with E-state index in [0.29, 0.717) is 13.0 Å². The molecule has 0 saturated heterocycles. The molecule has 2 rings (SSSR count). The molecule has 0 unspecified atom stereocenters. The van der Waals surface area contributed by atoms with Gasteiger partial charge in [-0.15, -0.1) is 0 Å². The van der Waals surface area contributed by atoms with Gasteiger partial charge in [0.25, 0.3) is 0 Å². The fourth-order valence-electron chi connectivity index (χ4n) is 1.77. The van der Waals surface area contributed by atoms with Gasteiger partial charge >= 0.3 is 5.69 Å². The topological polar surface area (TPSA) is 89.3 Å². The van der Waals surface area contributed by atoms with Crippen LogP contribution in [0.5, 0.6) is 0 Å². The molecule has 0 fully saturated rings. The van der Waals surface area contributed by atoms with Crippen molar-refractivity contribution >= 4 is 31.9 Å². The molecule has 0 radical (unpaired) electrons. The maximum Gasteiger partial charge on any atom is 0.304 e. The van der Waals surface area contributed by atoms with Crippen molar-refractivity contribution in [2.75, 3.05) is 18.1 Å². The summed E-state index contributed by atoms with van der Waals surface area (Å²) in [5.74, 6) is 0. The van der Waals surface area contributed by atoms with Crippen LogP contribution in [0.25, 0.3) is 0 Å². The van der Waals surface area contributed by atoms with E-state index in [0.717, 1.165) is 29.2 Å². The van der Waals surface area contributed by atoms with Crippen LogP contribution in [0.1, 0.15) is 5.56 Å². The van der Waals surface area contributed by atoms with Crippen LogP contribution in [0.3, 0.4) is 0 Å². The Bertz CT molecular complexity index is 739. The zero-order chi connectivity index (χ0) is 15.5. The van der Waals surface area contributed by atoms with Gasteiger partial charge in [-0.3, -0.25) is 10.1 Å². The van der Waals surface area contributed by atoms with Gasteiger partial charge < -0.3 is 5.32 Å². The first-order valence-electron chi connectivity index (χ1n) is 6.14. The molecule has 0 spiro atoms. The van der Waals surface area contributed by atoms with Crippen LogP contribution in [-0.4, -0.2) is 26.1 Å². The van der Waals surface area contributed by atoms with Crippen LogP contribution < -0.4 is 5.32 Å². The molecule has 21 heavy (non-hydrogen) atoms. The summed E-state index contributed by atoms with van der Waals surface area (Å²) >= 11 is 0.889. The number of nitrogens with one attached hydrogen (secondary N) is 1. The third-order valence-electron chi connectivity index (χ3n) is 2.79. The molecule has 0 bridgehead atoms. The molecule has 1 aromatic heterocycles. The highest BCUT2D eigenvalue weighted by atomic mass is 32.2. The van der Waals surface area contributed by atoms with Crippen molar-refractivity contribution in [3.05, 3.63) is 52.1 Å². The van der Waals surface area contributed by atoms with Crippen molar-refractivity contribution in [1.82, 2.24) is 0 Å². The SMILES string of the molecule is CS(=O)(=O)c1cc([N+](=O)[O-])c(NCCc2ccccc2)s1. The number of benzene rings is 1. The highest BCUT2D eigenvalue weighted by molar-refractivity contribution is 7.92. The molecule has 1 heterocycles. The zero-order valence-electron chi connectivity index (χ0n) is 11.3. The third kappa shape index (κ3) is 4.02. The number of nitrogens with zero attached hydrogens (tertiary/aromatic N) is 1. The summed E-state index contributed by atoms with van der Waals surface area (Å²) in [5.41, 5.74) is 0.904. The summed E-state index contributed by atoms with van der Waals surface area (Å²) in [6.45, 7) is 0.495. The van der Waals surface area contributed by atoms with Crippen LogP contribution in [0.15, 0.2) is 40.6 Å². The molecule has 0 saturated carbocycles. The predicted molar refractivity (Wildman–Crippen MR) is 82.7 cm³/mol. The number of rotatable bonds is 6. The Kier molecular flexibility index (Phi) is 4.59. The van der Waals surface area contributed by atoms with E-state index in [1.807, 2.05) is 30.3 Å². The first-order valence-corrected chi connectivity index (χ1v) is 8.85. The summed E-state index contributed by atoms with van der Waals surface area (Å²) < 4.78 is 22.9. The Morgan fingerprint density at radius 2 is 1.95 bits per heavy atom. The summed E-state index contributed by atoms with van der Waals surface area (Å²) in [4.78, 5) is 10.4. The van der Waals surface area contributed by atoms with E-state index in [1.54, 1.807) is 0 Å². The second kappa shape index (κ2) is 6.23. The van der Waals surface area contributed by atoms with Crippen LogP contribution in [0.2, 0.25) is 0 Å². The average Bonchev–Trinajstić information content (AvgIpc) is 2.84. The van der Waals surface area contributed by atoms with E-state index in [4.69, 9.17) is 0 Å². The van der Waals surface area contributed by atoms with Gasteiger partial charge in [-0.1, -0.05) is 41.7 Å². The van der Waals surface area contributed by atoms with Crippen molar-refractivity contribution in [3.8, 4) is 0 Å². The molecule has 8 heteroatoms. The Hall–Kier alpha value is -1.93. The lowest BCUT2D eigenvalue weighted by molar-refractivity contribution is -0.383. The number of anilines is 1. The molecular weight excluding hydrogens is 312 g/mol. The van der Waals surface area contributed by atoms with Gasteiger partial charge in [0.2, 0.25) is 0 Å². The van der Waals surface area contributed by atoms with Gasteiger partial charge in [0.05, 0.1) is 4.92 Å². The maximum absolute atomic E-state index is 11.5. The molecule has 0 aliphatic heterocycles. The van der Waals surface area contributed by atoms with Gasteiger partial charge in [-0.2, -0.15) is 0 Å². The Labute approximate surface area is 126 Å². The largest absolute Gasteiger partial charge is 0.371 e. The fraction of sp³-hybridized carbons (Fsp3) is 0.231. The van der Waals surface area contributed by atoms with Gasteiger partial charge in [0.1, 0.15) is 4.21 Å². The molecule has 0 amide bonds. The monoisotopic (exact) mass is 326 g/mol. The minimum atomic E-state index is -3.44. The summed E-state index contributed by atoms with van der Waals surface area (Å²) in [6.07, 6.45) is 1.74. The first kappa shape index (κ1) is 15.5. The minimum absolute atomic E-state index is 0.00332. The van der Waals surface area contributed by atoms with Crippen LogP contribution in [0, 0.1) is 10.1 Å². The zero-order valence-corrected chi connectivity index (χ0v) is 12.9. The second-order valence-corrected chi connectivity index (χ2v) is 7.77. The number of nitro groups is 1. The van der Waals surface area contributed by atoms with E-state index in [2.05, 4.69) is 5.32 Å². The van der Waals surface area contributed by atoms with Crippen LogP contribution >= 0.6 is 11.3 Å². The highest BCUT2D eigenvalue weighted by Gasteiger charge is 2.23. The van der Waals surface area contributed by atoms with Crippen molar-refractivity contribution in [3.63, 3.8) is 0 Å². The molecule has 112 valence electrons. The van der Waals surface area contributed by atoms with Gasteiger partial charge in [0.15, 0.2) is 14.8 Å². The first-order chi connectivity index (χ1) is 9.88. The van der Waals surface area contributed by atoms with Gasteiger partial charge in [0, 0.05) is 18.9 Å². The Morgan fingerprint density at radius 3 is 2.52 bits per heavy atom. The Balaban J connectivity index is 2.12. The van der Waals surface area contributed by atoms with E-state index < -0.39 is 14.8 Å². The third-order valence-corrected chi connectivity index (χ3v) is 5.68. The molecule has 0 atom stereocenters. The molecule has 0 aliphatic carbocycles. The van der Waals surface area contributed by atoms with Crippen molar-refractivity contribution in [1.29, 1.82) is 0 Å². The van der Waals surface area contributed by atoms with Gasteiger partial charge in [-0.25, -0.2) is 8.42 Å². The predicted octanol–water partition coefficient (Wildman–Crippen LogP) is 2.71. The molecule has 0 aliphatic rings. The molecule has 1 N–H and O–H groups in total. The minimum Gasteiger partial charge on any atom is -0.371 e. The Morgan fingerprint density at radius 1 is 1.29 bits per heavy atom. The van der Waals surface area contributed by atoms with E-state index in [9.17, 15) is 18.5 Å². The quantitative estimate of drug-likeness (QED) is 0.651. The molecule has 2 aromatic rings.